The van der Waals surface area contributed by atoms with Crippen LogP contribution in [-0.2, 0) is 9.53 Å². The van der Waals surface area contributed by atoms with Crippen LogP contribution in [0, 0.1) is 5.92 Å². The monoisotopic (exact) mass is 227 g/mol. The van der Waals surface area contributed by atoms with E-state index in [1.165, 1.54) is 25.7 Å². The van der Waals surface area contributed by atoms with E-state index in [9.17, 15) is 4.79 Å². The van der Waals surface area contributed by atoms with E-state index in [1.807, 2.05) is 18.7 Å². The molecule has 3 heteroatoms. The van der Waals surface area contributed by atoms with E-state index in [0.29, 0.717) is 0 Å². The Bertz CT molecular complexity index is 208. The molecule has 0 radical (unpaired) electrons. The molecule has 0 atom stereocenters. The molecule has 0 aromatic rings. The largest absolute Gasteiger partial charge is 0.369 e. The summed E-state index contributed by atoms with van der Waals surface area (Å²) in [7, 11) is 0. The predicted molar refractivity (Wildman–Crippen MR) is 65.3 cm³/mol. The lowest BCUT2D eigenvalue weighted by Gasteiger charge is -2.32. The van der Waals surface area contributed by atoms with Crippen molar-refractivity contribution in [2.24, 2.45) is 5.92 Å². The third kappa shape index (κ3) is 4.52. The van der Waals surface area contributed by atoms with Gasteiger partial charge in [0.15, 0.2) is 0 Å². The fourth-order valence-corrected chi connectivity index (χ4v) is 2.21. The first-order chi connectivity index (χ1) is 7.63. The molecule has 1 saturated heterocycles. The van der Waals surface area contributed by atoms with Crippen LogP contribution in [0.15, 0.2) is 0 Å². The van der Waals surface area contributed by atoms with Crippen LogP contribution >= 0.6 is 0 Å². The summed E-state index contributed by atoms with van der Waals surface area (Å²) in [6.07, 6.45) is 5.05. The molecule has 1 amide bonds. The molecule has 0 unspecified atom stereocenters. The number of ether oxygens (including phenoxy) is 1. The van der Waals surface area contributed by atoms with E-state index in [-0.39, 0.29) is 18.6 Å². The highest BCUT2D eigenvalue weighted by Gasteiger charge is 2.22. The van der Waals surface area contributed by atoms with Gasteiger partial charge < -0.3 is 9.64 Å². The van der Waals surface area contributed by atoms with E-state index in [4.69, 9.17) is 4.74 Å². The third-order valence-corrected chi connectivity index (χ3v) is 3.20. The molecule has 0 bridgehead atoms. The number of hydrogen-bond acceptors (Lipinski definition) is 2. The molecule has 0 N–H and O–H groups in total. The molecule has 1 heterocycles. The second kappa shape index (κ2) is 6.89. The zero-order valence-electron chi connectivity index (χ0n) is 10.9. The van der Waals surface area contributed by atoms with Crippen molar-refractivity contribution in [3.8, 4) is 0 Å². The van der Waals surface area contributed by atoms with Crippen LogP contribution < -0.4 is 0 Å². The van der Waals surface area contributed by atoms with E-state index >= 15 is 0 Å². The maximum Gasteiger partial charge on any atom is 0.248 e. The maximum atomic E-state index is 11.8. The Balaban J connectivity index is 2.22. The number of carbonyl (C=O) groups excluding carboxylic acids is 1. The zero-order valence-corrected chi connectivity index (χ0v) is 10.9. The first kappa shape index (κ1) is 13.5. The summed E-state index contributed by atoms with van der Waals surface area (Å²) in [6, 6.07) is 0. The zero-order chi connectivity index (χ0) is 12.0. The van der Waals surface area contributed by atoms with E-state index < -0.39 is 0 Å². The Morgan fingerprint density at radius 1 is 1.38 bits per heavy atom. The Hall–Kier alpha value is -0.570. The standard InChI is InChI=1S/C13H25NO2/c1-4-5-12-6-8-14(9-7-12)13(15)10-16-11(2)3/h11-12H,4-10H2,1-3H3. The summed E-state index contributed by atoms with van der Waals surface area (Å²) in [5.74, 6) is 0.990. The van der Waals surface area contributed by atoms with Crippen molar-refractivity contribution in [1.29, 1.82) is 0 Å². The van der Waals surface area contributed by atoms with Gasteiger partial charge in [0.25, 0.3) is 0 Å². The highest BCUT2D eigenvalue weighted by molar-refractivity contribution is 5.77. The molecule has 94 valence electrons. The minimum absolute atomic E-state index is 0.140. The van der Waals surface area contributed by atoms with Gasteiger partial charge in [-0.05, 0) is 32.6 Å². The predicted octanol–water partition coefficient (Wildman–Crippen LogP) is 2.45. The molecule has 0 aromatic carbocycles. The molecule has 0 aromatic heterocycles. The molecule has 1 aliphatic heterocycles. The van der Waals surface area contributed by atoms with Crippen LogP contribution in [0.2, 0.25) is 0 Å². The summed E-state index contributed by atoms with van der Waals surface area (Å²) in [5, 5.41) is 0. The van der Waals surface area contributed by atoms with Crippen LogP contribution in [0.5, 0.6) is 0 Å². The van der Waals surface area contributed by atoms with Gasteiger partial charge in [0.05, 0.1) is 6.10 Å². The van der Waals surface area contributed by atoms with Crippen LogP contribution in [0.4, 0.5) is 0 Å². The van der Waals surface area contributed by atoms with Crippen molar-refractivity contribution in [3.05, 3.63) is 0 Å². The Morgan fingerprint density at radius 2 is 2.00 bits per heavy atom. The second-order valence-electron chi connectivity index (χ2n) is 4.97. The highest BCUT2D eigenvalue weighted by atomic mass is 16.5. The van der Waals surface area contributed by atoms with Crippen molar-refractivity contribution >= 4 is 5.91 Å². The fourth-order valence-electron chi connectivity index (χ4n) is 2.21. The first-order valence-electron chi connectivity index (χ1n) is 6.52. The van der Waals surface area contributed by atoms with Gasteiger partial charge in [-0.1, -0.05) is 19.8 Å². The topological polar surface area (TPSA) is 29.5 Å². The molecule has 1 aliphatic rings. The van der Waals surface area contributed by atoms with Crippen LogP contribution in [0.1, 0.15) is 46.5 Å². The Kier molecular flexibility index (Phi) is 5.81. The Morgan fingerprint density at radius 3 is 2.50 bits per heavy atom. The van der Waals surface area contributed by atoms with Gasteiger partial charge in [0, 0.05) is 13.1 Å². The smallest absolute Gasteiger partial charge is 0.248 e. The molecular formula is C13H25NO2. The maximum absolute atomic E-state index is 11.8. The lowest BCUT2D eigenvalue weighted by Crippen LogP contribution is -2.40. The third-order valence-electron chi connectivity index (χ3n) is 3.20. The lowest BCUT2D eigenvalue weighted by atomic mass is 9.92. The van der Waals surface area contributed by atoms with Crippen LogP contribution in [-0.4, -0.2) is 36.6 Å². The van der Waals surface area contributed by atoms with E-state index in [2.05, 4.69) is 6.92 Å². The SMILES string of the molecule is CCCC1CCN(C(=O)COC(C)C)CC1. The molecule has 0 aliphatic carbocycles. The van der Waals surface area contributed by atoms with Gasteiger partial charge in [-0.2, -0.15) is 0 Å². The fraction of sp³-hybridized carbons (Fsp3) is 0.923. The molecular weight excluding hydrogens is 202 g/mol. The molecule has 16 heavy (non-hydrogen) atoms. The average molecular weight is 227 g/mol. The molecule has 1 rings (SSSR count). The number of amides is 1. The number of nitrogens with zero attached hydrogens (tertiary/aromatic N) is 1. The summed E-state index contributed by atoms with van der Waals surface area (Å²) in [5.41, 5.74) is 0. The van der Waals surface area contributed by atoms with Gasteiger partial charge in [0.2, 0.25) is 5.91 Å². The van der Waals surface area contributed by atoms with Gasteiger partial charge in [-0.15, -0.1) is 0 Å². The van der Waals surface area contributed by atoms with Crippen molar-refractivity contribution in [2.45, 2.75) is 52.6 Å². The van der Waals surface area contributed by atoms with Gasteiger partial charge in [-0.25, -0.2) is 0 Å². The van der Waals surface area contributed by atoms with Gasteiger partial charge >= 0.3 is 0 Å². The number of hydrogen-bond donors (Lipinski definition) is 0. The first-order valence-corrected chi connectivity index (χ1v) is 6.52. The average Bonchev–Trinajstić information content (AvgIpc) is 2.27. The molecule has 0 spiro atoms. The second-order valence-corrected chi connectivity index (χ2v) is 4.97. The van der Waals surface area contributed by atoms with Gasteiger partial charge in [-0.3, -0.25) is 4.79 Å². The molecule has 0 saturated carbocycles. The molecule has 3 nitrogen and oxygen atoms in total. The number of rotatable bonds is 5. The quantitative estimate of drug-likeness (QED) is 0.722. The number of carbonyl (C=O) groups is 1. The van der Waals surface area contributed by atoms with Crippen LogP contribution in [0.3, 0.4) is 0 Å². The highest BCUT2D eigenvalue weighted by Crippen LogP contribution is 2.21. The minimum atomic E-state index is 0.140. The minimum Gasteiger partial charge on any atom is -0.369 e. The number of piperidine rings is 1. The van der Waals surface area contributed by atoms with E-state index in [1.54, 1.807) is 0 Å². The van der Waals surface area contributed by atoms with Crippen molar-refractivity contribution in [1.82, 2.24) is 4.90 Å². The van der Waals surface area contributed by atoms with Crippen molar-refractivity contribution in [2.75, 3.05) is 19.7 Å². The van der Waals surface area contributed by atoms with Crippen LogP contribution in [0.25, 0.3) is 0 Å². The Labute approximate surface area is 99.1 Å². The summed E-state index contributed by atoms with van der Waals surface area (Å²) in [4.78, 5) is 13.7. The molecule has 1 fully saturated rings. The van der Waals surface area contributed by atoms with E-state index in [0.717, 1.165) is 19.0 Å². The van der Waals surface area contributed by atoms with Crippen molar-refractivity contribution in [3.63, 3.8) is 0 Å². The summed E-state index contributed by atoms with van der Waals surface area (Å²) < 4.78 is 5.34. The normalized spacial score (nSPS) is 18.1. The summed E-state index contributed by atoms with van der Waals surface area (Å²) in [6.45, 7) is 8.24. The number of likely N-dealkylation sites (tertiary alicyclic amines) is 1. The summed E-state index contributed by atoms with van der Waals surface area (Å²) >= 11 is 0. The lowest BCUT2D eigenvalue weighted by molar-refractivity contribution is -0.139. The van der Waals surface area contributed by atoms with Gasteiger partial charge in [0.1, 0.15) is 6.61 Å². The van der Waals surface area contributed by atoms with Crippen molar-refractivity contribution < 1.29 is 9.53 Å².